The van der Waals surface area contributed by atoms with E-state index >= 15 is 0 Å². The normalized spacial score (nSPS) is 17.7. The Labute approximate surface area is 209 Å². The molecule has 5 rings (SSSR count). The van der Waals surface area contributed by atoms with E-state index in [2.05, 4.69) is 39.0 Å². The van der Waals surface area contributed by atoms with Crippen molar-refractivity contribution in [2.75, 3.05) is 17.7 Å². The van der Waals surface area contributed by atoms with Gasteiger partial charge in [0.25, 0.3) is 0 Å². The summed E-state index contributed by atoms with van der Waals surface area (Å²) < 4.78 is 5.34. The number of aromatic nitrogens is 3. The molecule has 8 heteroatoms. The number of nitrogens with one attached hydrogen (secondary N) is 3. The Kier molecular flexibility index (Phi) is 7.20. The number of pyridine rings is 1. The summed E-state index contributed by atoms with van der Waals surface area (Å²) in [6.07, 6.45) is 3.33. The SMILES string of the molecule is COc1cccc(-c2cc(Nc3cc(Sc4ccccc4)cc(NC4CCC(O)CC4)n3)n[nH]2)c1. The fourth-order valence-electron chi connectivity index (χ4n) is 4.21. The van der Waals surface area contributed by atoms with Crippen molar-refractivity contribution < 1.29 is 9.84 Å². The van der Waals surface area contributed by atoms with E-state index in [-0.39, 0.29) is 6.10 Å². The number of methoxy groups -OCH3 is 1. The van der Waals surface area contributed by atoms with Gasteiger partial charge in [-0.05, 0) is 62.1 Å². The number of hydrogen-bond acceptors (Lipinski definition) is 7. The third-order valence-corrected chi connectivity index (χ3v) is 7.02. The number of rotatable bonds is 8. The van der Waals surface area contributed by atoms with Crippen LogP contribution in [0.4, 0.5) is 17.5 Å². The summed E-state index contributed by atoms with van der Waals surface area (Å²) in [4.78, 5) is 7.06. The van der Waals surface area contributed by atoms with Gasteiger partial charge in [-0.3, -0.25) is 5.10 Å². The molecule has 0 amide bonds. The first-order valence-electron chi connectivity index (χ1n) is 11.8. The fraction of sp³-hybridized carbons (Fsp3) is 0.259. The molecule has 2 aromatic carbocycles. The van der Waals surface area contributed by atoms with Gasteiger partial charge in [0.1, 0.15) is 17.4 Å². The van der Waals surface area contributed by atoms with E-state index in [9.17, 15) is 5.11 Å². The van der Waals surface area contributed by atoms with Crippen LogP contribution in [0.3, 0.4) is 0 Å². The molecule has 0 spiro atoms. The first-order chi connectivity index (χ1) is 17.1. The minimum Gasteiger partial charge on any atom is -0.497 e. The molecular weight excluding hydrogens is 458 g/mol. The topological polar surface area (TPSA) is 95.1 Å². The molecule has 0 unspecified atom stereocenters. The van der Waals surface area contributed by atoms with Crippen molar-refractivity contribution in [1.82, 2.24) is 15.2 Å². The number of H-pyrrole nitrogens is 1. The summed E-state index contributed by atoms with van der Waals surface area (Å²) in [6, 6.07) is 24.5. The molecule has 2 aromatic heterocycles. The summed E-state index contributed by atoms with van der Waals surface area (Å²) >= 11 is 1.69. The van der Waals surface area contributed by atoms with Gasteiger partial charge in [-0.25, -0.2) is 4.98 Å². The van der Waals surface area contributed by atoms with Crippen LogP contribution in [0, 0.1) is 0 Å². The maximum absolute atomic E-state index is 9.85. The lowest BCUT2D eigenvalue weighted by Crippen LogP contribution is -2.28. The average Bonchev–Trinajstić information content (AvgIpc) is 3.34. The lowest BCUT2D eigenvalue weighted by molar-refractivity contribution is 0.126. The first-order valence-corrected chi connectivity index (χ1v) is 12.6. The molecule has 4 aromatic rings. The number of hydrogen-bond donors (Lipinski definition) is 4. The molecule has 1 aliphatic carbocycles. The number of aliphatic hydroxyl groups excluding tert-OH is 1. The third kappa shape index (κ3) is 6.15. The Morgan fingerprint density at radius 1 is 0.886 bits per heavy atom. The first kappa shape index (κ1) is 23.3. The number of aliphatic hydroxyl groups is 1. The molecule has 1 saturated carbocycles. The summed E-state index contributed by atoms with van der Waals surface area (Å²) in [6.45, 7) is 0. The van der Waals surface area contributed by atoms with Crippen LogP contribution in [0.15, 0.2) is 82.6 Å². The highest BCUT2D eigenvalue weighted by Crippen LogP contribution is 2.33. The highest BCUT2D eigenvalue weighted by molar-refractivity contribution is 7.99. The quantitative estimate of drug-likeness (QED) is 0.239. The number of ether oxygens (including phenoxy) is 1. The van der Waals surface area contributed by atoms with Crippen molar-refractivity contribution in [2.45, 2.75) is 47.6 Å². The Morgan fingerprint density at radius 2 is 1.69 bits per heavy atom. The molecule has 0 radical (unpaired) electrons. The summed E-state index contributed by atoms with van der Waals surface area (Å²) in [7, 11) is 1.66. The van der Waals surface area contributed by atoms with E-state index in [0.717, 1.165) is 58.3 Å². The van der Waals surface area contributed by atoms with Gasteiger partial charge in [0, 0.05) is 27.5 Å². The Morgan fingerprint density at radius 3 is 2.49 bits per heavy atom. The number of aromatic amines is 1. The van der Waals surface area contributed by atoms with E-state index in [1.54, 1.807) is 18.9 Å². The molecule has 1 fully saturated rings. The van der Waals surface area contributed by atoms with Crippen LogP contribution < -0.4 is 15.4 Å². The maximum atomic E-state index is 9.85. The smallest absolute Gasteiger partial charge is 0.153 e. The van der Waals surface area contributed by atoms with Crippen molar-refractivity contribution >= 4 is 29.2 Å². The van der Waals surface area contributed by atoms with Crippen LogP contribution in [0.2, 0.25) is 0 Å². The van der Waals surface area contributed by atoms with E-state index in [1.165, 1.54) is 0 Å². The molecule has 0 atom stereocenters. The van der Waals surface area contributed by atoms with Gasteiger partial charge in [-0.1, -0.05) is 42.1 Å². The van der Waals surface area contributed by atoms with E-state index < -0.39 is 0 Å². The summed E-state index contributed by atoms with van der Waals surface area (Å²) in [5, 5.41) is 24.3. The minimum absolute atomic E-state index is 0.184. The van der Waals surface area contributed by atoms with E-state index in [1.807, 2.05) is 54.6 Å². The number of nitrogens with zero attached hydrogens (tertiary/aromatic N) is 2. The maximum Gasteiger partial charge on any atom is 0.153 e. The zero-order valence-electron chi connectivity index (χ0n) is 19.6. The molecule has 35 heavy (non-hydrogen) atoms. The zero-order valence-corrected chi connectivity index (χ0v) is 20.4. The largest absolute Gasteiger partial charge is 0.497 e. The molecule has 4 N–H and O–H groups in total. The number of anilines is 3. The monoisotopic (exact) mass is 487 g/mol. The lowest BCUT2D eigenvalue weighted by atomic mass is 9.93. The van der Waals surface area contributed by atoms with Crippen LogP contribution in [-0.2, 0) is 0 Å². The molecule has 2 heterocycles. The van der Waals surface area contributed by atoms with Crippen LogP contribution in [-0.4, -0.2) is 39.5 Å². The fourth-order valence-corrected chi connectivity index (χ4v) is 5.12. The van der Waals surface area contributed by atoms with Gasteiger partial charge in [-0.2, -0.15) is 5.10 Å². The molecule has 0 bridgehead atoms. The molecular formula is C27H29N5O2S. The van der Waals surface area contributed by atoms with Gasteiger partial charge in [0.15, 0.2) is 5.82 Å². The van der Waals surface area contributed by atoms with Crippen molar-refractivity contribution in [2.24, 2.45) is 0 Å². The van der Waals surface area contributed by atoms with E-state index in [0.29, 0.717) is 17.7 Å². The Hall–Kier alpha value is -3.49. The highest BCUT2D eigenvalue weighted by atomic mass is 32.2. The second-order valence-electron chi connectivity index (χ2n) is 8.66. The molecule has 180 valence electrons. The zero-order chi connectivity index (χ0) is 24.0. The summed E-state index contributed by atoms with van der Waals surface area (Å²) in [5.41, 5.74) is 1.88. The Bertz CT molecular complexity index is 1260. The predicted octanol–water partition coefficient (Wildman–Crippen LogP) is 6.09. The average molecular weight is 488 g/mol. The number of benzene rings is 2. The lowest BCUT2D eigenvalue weighted by Gasteiger charge is -2.26. The van der Waals surface area contributed by atoms with Crippen molar-refractivity contribution in [1.29, 1.82) is 0 Å². The second-order valence-corrected chi connectivity index (χ2v) is 9.81. The minimum atomic E-state index is -0.184. The molecule has 0 aliphatic heterocycles. The van der Waals surface area contributed by atoms with Gasteiger partial charge >= 0.3 is 0 Å². The molecule has 0 saturated heterocycles. The van der Waals surface area contributed by atoms with Crippen molar-refractivity contribution in [3.8, 4) is 17.0 Å². The van der Waals surface area contributed by atoms with Gasteiger partial charge in [0.05, 0.1) is 18.9 Å². The van der Waals surface area contributed by atoms with Crippen molar-refractivity contribution in [3.63, 3.8) is 0 Å². The van der Waals surface area contributed by atoms with E-state index in [4.69, 9.17) is 9.72 Å². The standard InChI is InChI=1S/C27H29N5O2S/c1-34-21-7-5-6-18(14-21)24-17-27(32-31-24)30-26-16-23(35-22-8-3-2-4-9-22)15-25(29-26)28-19-10-12-20(33)13-11-19/h2-9,14-17,19-20,33H,10-13H2,1H3,(H3,28,29,30,31,32). The second kappa shape index (κ2) is 10.8. The van der Waals surface area contributed by atoms with Gasteiger partial charge < -0.3 is 20.5 Å². The highest BCUT2D eigenvalue weighted by Gasteiger charge is 2.20. The van der Waals surface area contributed by atoms with Crippen LogP contribution in [0.5, 0.6) is 5.75 Å². The molecule has 1 aliphatic rings. The van der Waals surface area contributed by atoms with Crippen LogP contribution in [0.1, 0.15) is 25.7 Å². The predicted molar refractivity (Wildman–Crippen MR) is 141 cm³/mol. The third-order valence-electron chi connectivity index (χ3n) is 6.04. The molecule has 7 nitrogen and oxygen atoms in total. The Balaban J connectivity index is 1.38. The summed E-state index contributed by atoms with van der Waals surface area (Å²) in [5.74, 6) is 3.01. The van der Waals surface area contributed by atoms with Crippen LogP contribution >= 0.6 is 11.8 Å². The van der Waals surface area contributed by atoms with Crippen LogP contribution in [0.25, 0.3) is 11.3 Å². The van der Waals surface area contributed by atoms with Gasteiger partial charge in [-0.15, -0.1) is 0 Å². The van der Waals surface area contributed by atoms with Gasteiger partial charge in [0.2, 0.25) is 0 Å². The van der Waals surface area contributed by atoms with Crippen molar-refractivity contribution in [3.05, 3.63) is 72.8 Å².